The molecule has 210 valence electrons. The van der Waals surface area contributed by atoms with Crippen molar-refractivity contribution in [2.75, 3.05) is 43.8 Å². The van der Waals surface area contributed by atoms with Gasteiger partial charge in [-0.1, -0.05) is 11.6 Å². The van der Waals surface area contributed by atoms with E-state index in [1.54, 1.807) is 24.3 Å². The lowest BCUT2D eigenvalue weighted by molar-refractivity contribution is -0.140. The monoisotopic (exact) mass is 565 g/mol. The van der Waals surface area contributed by atoms with Crippen LogP contribution in [0, 0.1) is 0 Å². The standard InChI is InChI=1S/C27H31ClF3N5O3/c28-17-1-8-24-23(13-17)34-25(39-24)15-35-9-11-36(12-10-35)26(37)16-38-20-5-2-18(3-6-20)33-19-4-7-22(32)21(14-19)27(29,30)31/h1,4,7-8,13-14,18,20,33H,2-3,5-6,9-12,15-16,32H2. The Morgan fingerprint density at radius 2 is 1.85 bits per heavy atom. The molecule has 12 heteroatoms. The molecule has 1 saturated heterocycles. The second-order valence-corrected chi connectivity index (χ2v) is 10.5. The number of ether oxygens (including phenoxy) is 1. The van der Waals surface area contributed by atoms with Crippen LogP contribution < -0.4 is 11.1 Å². The number of carbonyl (C=O) groups excluding carboxylic acids is 1. The molecule has 3 N–H and O–H groups in total. The highest BCUT2D eigenvalue weighted by molar-refractivity contribution is 6.31. The van der Waals surface area contributed by atoms with E-state index in [0.717, 1.165) is 37.3 Å². The first-order chi connectivity index (χ1) is 18.6. The molecule has 5 rings (SSSR count). The molecule has 2 aromatic carbocycles. The number of nitrogens with two attached hydrogens (primary N) is 1. The van der Waals surface area contributed by atoms with Crippen LogP contribution in [-0.4, -0.2) is 65.6 Å². The van der Waals surface area contributed by atoms with Gasteiger partial charge in [-0.3, -0.25) is 9.69 Å². The summed E-state index contributed by atoms with van der Waals surface area (Å²) in [5.41, 5.74) is 6.20. The summed E-state index contributed by atoms with van der Waals surface area (Å²) in [5.74, 6) is 0.589. The normalized spacial score (nSPS) is 20.9. The van der Waals surface area contributed by atoms with Crippen LogP contribution in [0.15, 0.2) is 40.8 Å². The van der Waals surface area contributed by atoms with E-state index in [4.69, 9.17) is 26.5 Å². The molecule has 3 aromatic rings. The largest absolute Gasteiger partial charge is 0.439 e. The number of hydrogen-bond donors (Lipinski definition) is 2. The van der Waals surface area contributed by atoms with Crippen LogP contribution in [0.3, 0.4) is 0 Å². The Kier molecular flexibility index (Phi) is 8.20. The van der Waals surface area contributed by atoms with Crippen molar-refractivity contribution in [2.45, 2.75) is 50.6 Å². The minimum absolute atomic E-state index is 0.0293. The third-order valence-corrected chi connectivity index (χ3v) is 7.56. The van der Waals surface area contributed by atoms with Crippen molar-refractivity contribution in [3.8, 4) is 0 Å². The first-order valence-corrected chi connectivity index (χ1v) is 13.4. The Labute approximate surface area is 229 Å². The van der Waals surface area contributed by atoms with Crippen molar-refractivity contribution < 1.29 is 27.1 Å². The quantitative estimate of drug-likeness (QED) is 0.382. The predicted molar refractivity (Wildman–Crippen MR) is 142 cm³/mol. The average Bonchev–Trinajstić information content (AvgIpc) is 3.30. The highest BCUT2D eigenvalue weighted by atomic mass is 35.5. The number of alkyl halides is 3. The highest BCUT2D eigenvalue weighted by Gasteiger charge is 2.33. The number of fused-ring (bicyclic) bond motifs is 1. The molecule has 1 aromatic heterocycles. The first kappa shape index (κ1) is 27.5. The topological polar surface area (TPSA) is 96.9 Å². The summed E-state index contributed by atoms with van der Waals surface area (Å²) in [5, 5.41) is 3.79. The third kappa shape index (κ3) is 6.95. The van der Waals surface area contributed by atoms with Gasteiger partial charge in [0.15, 0.2) is 5.58 Å². The number of hydrogen-bond acceptors (Lipinski definition) is 7. The smallest absolute Gasteiger partial charge is 0.418 e. The molecule has 0 atom stereocenters. The van der Waals surface area contributed by atoms with Crippen molar-refractivity contribution in [2.24, 2.45) is 0 Å². The lowest BCUT2D eigenvalue weighted by atomic mass is 9.92. The van der Waals surface area contributed by atoms with Crippen LogP contribution in [0.4, 0.5) is 24.5 Å². The molecule has 0 radical (unpaired) electrons. The zero-order chi connectivity index (χ0) is 27.6. The van der Waals surface area contributed by atoms with E-state index in [9.17, 15) is 18.0 Å². The van der Waals surface area contributed by atoms with E-state index in [1.165, 1.54) is 6.07 Å². The van der Waals surface area contributed by atoms with E-state index < -0.39 is 11.7 Å². The van der Waals surface area contributed by atoms with Crippen molar-refractivity contribution in [3.05, 3.63) is 52.9 Å². The molecule has 1 saturated carbocycles. The number of amides is 1. The molecule has 2 aliphatic rings. The number of aromatic nitrogens is 1. The summed E-state index contributed by atoms with van der Waals surface area (Å²) in [6.45, 7) is 3.22. The summed E-state index contributed by atoms with van der Waals surface area (Å²) in [6, 6.07) is 9.28. The van der Waals surface area contributed by atoms with Gasteiger partial charge in [-0.2, -0.15) is 13.2 Å². The van der Waals surface area contributed by atoms with Crippen LogP contribution in [-0.2, 0) is 22.3 Å². The van der Waals surface area contributed by atoms with Gasteiger partial charge in [0.25, 0.3) is 0 Å². The Hall–Kier alpha value is -3.02. The zero-order valence-corrected chi connectivity index (χ0v) is 22.1. The molecular weight excluding hydrogens is 535 g/mol. The number of oxazole rings is 1. The van der Waals surface area contributed by atoms with Gasteiger partial charge in [0, 0.05) is 48.6 Å². The van der Waals surface area contributed by atoms with Crippen LogP contribution in [0.5, 0.6) is 0 Å². The Morgan fingerprint density at radius 3 is 2.56 bits per heavy atom. The average molecular weight is 566 g/mol. The van der Waals surface area contributed by atoms with Gasteiger partial charge < -0.3 is 25.1 Å². The molecule has 1 aliphatic heterocycles. The second kappa shape index (κ2) is 11.6. The van der Waals surface area contributed by atoms with Crippen LogP contribution in [0.1, 0.15) is 37.1 Å². The van der Waals surface area contributed by atoms with E-state index in [-0.39, 0.29) is 30.3 Å². The van der Waals surface area contributed by atoms with Gasteiger partial charge in [0.05, 0.1) is 18.2 Å². The van der Waals surface area contributed by atoms with Crippen LogP contribution in [0.25, 0.3) is 11.1 Å². The van der Waals surface area contributed by atoms with Crippen molar-refractivity contribution in [1.29, 1.82) is 0 Å². The lowest BCUT2D eigenvalue weighted by Gasteiger charge is -2.35. The molecule has 0 bridgehead atoms. The van der Waals surface area contributed by atoms with Crippen LogP contribution in [0.2, 0.25) is 5.02 Å². The molecular formula is C27H31ClF3N5O3. The molecule has 39 heavy (non-hydrogen) atoms. The fourth-order valence-corrected chi connectivity index (χ4v) is 5.31. The lowest BCUT2D eigenvalue weighted by Crippen LogP contribution is -2.49. The minimum Gasteiger partial charge on any atom is -0.439 e. The van der Waals surface area contributed by atoms with Crippen molar-refractivity contribution >= 4 is 40.0 Å². The summed E-state index contributed by atoms with van der Waals surface area (Å²) in [7, 11) is 0. The van der Waals surface area contributed by atoms with E-state index in [2.05, 4.69) is 15.2 Å². The van der Waals surface area contributed by atoms with E-state index >= 15 is 0 Å². The van der Waals surface area contributed by atoms with Gasteiger partial charge in [0.2, 0.25) is 11.8 Å². The van der Waals surface area contributed by atoms with E-state index in [0.29, 0.717) is 54.9 Å². The van der Waals surface area contributed by atoms with Gasteiger partial charge in [-0.25, -0.2) is 4.98 Å². The summed E-state index contributed by atoms with van der Waals surface area (Å²) >= 11 is 6.02. The molecule has 2 fully saturated rings. The van der Waals surface area contributed by atoms with Crippen molar-refractivity contribution in [1.82, 2.24) is 14.8 Å². The molecule has 8 nitrogen and oxygen atoms in total. The molecule has 0 spiro atoms. The number of benzene rings is 2. The zero-order valence-electron chi connectivity index (χ0n) is 21.3. The molecule has 2 heterocycles. The molecule has 0 unspecified atom stereocenters. The van der Waals surface area contributed by atoms with Gasteiger partial charge in [0.1, 0.15) is 12.1 Å². The minimum atomic E-state index is -4.49. The maximum absolute atomic E-state index is 13.1. The number of halogens is 4. The number of carbonyl (C=O) groups is 1. The second-order valence-electron chi connectivity index (χ2n) is 10.1. The number of piperazine rings is 1. The predicted octanol–water partition coefficient (Wildman–Crippen LogP) is 5.17. The fraction of sp³-hybridized carbons (Fsp3) is 0.481. The number of anilines is 2. The Balaban J connectivity index is 1.01. The maximum atomic E-state index is 13.1. The van der Waals surface area contributed by atoms with Gasteiger partial charge >= 0.3 is 6.18 Å². The van der Waals surface area contributed by atoms with Crippen molar-refractivity contribution in [3.63, 3.8) is 0 Å². The Morgan fingerprint density at radius 1 is 1.10 bits per heavy atom. The van der Waals surface area contributed by atoms with Gasteiger partial charge in [-0.05, 0) is 62.1 Å². The summed E-state index contributed by atoms with van der Waals surface area (Å²) in [6.07, 6.45) is -1.59. The first-order valence-electron chi connectivity index (χ1n) is 13.0. The number of rotatable bonds is 7. The molecule has 1 amide bonds. The fourth-order valence-electron chi connectivity index (χ4n) is 5.14. The van der Waals surface area contributed by atoms with E-state index in [1.807, 2.05) is 4.90 Å². The number of nitrogen functional groups attached to an aromatic ring is 1. The number of nitrogens with one attached hydrogen (secondary N) is 1. The maximum Gasteiger partial charge on any atom is 0.418 e. The Bertz CT molecular complexity index is 1300. The highest BCUT2D eigenvalue weighted by Crippen LogP contribution is 2.36. The third-order valence-electron chi connectivity index (χ3n) is 7.32. The molecule has 1 aliphatic carbocycles. The van der Waals surface area contributed by atoms with Gasteiger partial charge in [-0.15, -0.1) is 0 Å². The van der Waals surface area contributed by atoms with Crippen LogP contribution >= 0.6 is 11.6 Å². The summed E-state index contributed by atoms with van der Waals surface area (Å²) in [4.78, 5) is 21.2. The SMILES string of the molecule is Nc1ccc(NC2CCC(OCC(=O)N3CCN(Cc4nc5cc(Cl)ccc5o4)CC3)CC2)cc1C(F)(F)F. The summed E-state index contributed by atoms with van der Waals surface area (Å²) < 4.78 is 51.1. The number of nitrogens with zero attached hydrogens (tertiary/aromatic N) is 3.